The first-order chi connectivity index (χ1) is 6.03. The molecule has 0 spiro atoms. The monoisotopic (exact) mass is 188 g/mol. The first kappa shape index (κ1) is 9.83. The zero-order valence-corrected chi connectivity index (χ0v) is 7.13. The summed E-state index contributed by atoms with van der Waals surface area (Å²) in [6.07, 6.45) is -0.428. The highest BCUT2D eigenvalue weighted by Crippen LogP contribution is 2.28. The van der Waals surface area contributed by atoms with Crippen molar-refractivity contribution in [2.24, 2.45) is 0 Å². The number of alkyl halides is 1. The molecule has 1 aliphatic rings. The van der Waals surface area contributed by atoms with Crippen LogP contribution in [0.25, 0.3) is 0 Å². The number of carbonyl (C=O) groups is 3. The third-order valence-corrected chi connectivity index (χ3v) is 1.90. The van der Waals surface area contributed by atoms with Crippen LogP contribution in [0.5, 0.6) is 0 Å². The number of hydrogen-bond acceptors (Lipinski definition) is 4. The first-order valence-electron chi connectivity index (χ1n) is 3.96. The van der Waals surface area contributed by atoms with Gasteiger partial charge in [0.25, 0.3) is 0 Å². The lowest BCUT2D eigenvalue weighted by atomic mass is 10.0. The summed E-state index contributed by atoms with van der Waals surface area (Å²) in [6.45, 7) is 1.43. The Kier molecular flexibility index (Phi) is 2.45. The summed E-state index contributed by atoms with van der Waals surface area (Å²) < 4.78 is 17.8. The van der Waals surface area contributed by atoms with Gasteiger partial charge >= 0.3 is 11.6 Å². The number of Topliss-reactive ketones (excluding diaryl/α,β-unsaturated/α-hetero) is 2. The largest absolute Gasteiger partial charge is 0.463 e. The molecule has 0 amide bonds. The zero-order chi connectivity index (χ0) is 10.1. The fourth-order valence-corrected chi connectivity index (χ4v) is 1.19. The Morgan fingerprint density at radius 2 is 1.92 bits per heavy atom. The molecular formula is C8H9FO4. The predicted molar refractivity (Wildman–Crippen MR) is 39.7 cm³/mol. The topological polar surface area (TPSA) is 60.4 Å². The lowest BCUT2D eigenvalue weighted by Gasteiger charge is -2.13. The third kappa shape index (κ3) is 1.34. The molecule has 13 heavy (non-hydrogen) atoms. The minimum Gasteiger partial charge on any atom is -0.463 e. The Morgan fingerprint density at radius 3 is 2.31 bits per heavy atom. The highest BCUT2D eigenvalue weighted by molar-refractivity contribution is 6.29. The van der Waals surface area contributed by atoms with Gasteiger partial charge in [0, 0.05) is 12.8 Å². The molecule has 1 fully saturated rings. The number of ketones is 2. The lowest BCUT2D eigenvalue weighted by Crippen LogP contribution is -2.45. The molecule has 0 atom stereocenters. The Hall–Kier alpha value is -1.26. The van der Waals surface area contributed by atoms with Crippen LogP contribution >= 0.6 is 0 Å². The number of hydrogen-bond donors (Lipinski definition) is 0. The van der Waals surface area contributed by atoms with Gasteiger partial charge in [0.1, 0.15) is 0 Å². The maximum Gasteiger partial charge on any atom is 0.359 e. The smallest absolute Gasteiger partial charge is 0.359 e. The molecule has 0 radical (unpaired) electrons. The van der Waals surface area contributed by atoms with E-state index >= 15 is 0 Å². The van der Waals surface area contributed by atoms with E-state index in [0.717, 1.165) is 0 Å². The van der Waals surface area contributed by atoms with Crippen molar-refractivity contribution < 1.29 is 23.5 Å². The second-order valence-corrected chi connectivity index (χ2v) is 2.73. The second-order valence-electron chi connectivity index (χ2n) is 2.73. The predicted octanol–water partition coefficient (Wildman–Crippen LogP) is 0.190. The molecule has 0 aromatic heterocycles. The van der Waals surface area contributed by atoms with E-state index in [1.54, 1.807) is 0 Å². The Morgan fingerprint density at radius 1 is 1.46 bits per heavy atom. The van der Waals surface area contributed by atoms with E-state index < -0.39 is 23.2 Å². The van der Waals surface area contributed by atoms with Crippen molar-refractivity contribution in [1.82, 2.24) is 0 Å². The number of halogens is 1. The van der Waals surface area contributed by atoms with E-state index in [4.69, 9.17) is 0 Å². The number of ether oxygens (including phenoxy) is 1. The van der Waals surface area contributed by atoms with Gasteiger partial charge in [-0.15, -0.1) is 0 Å². The minimum atomic E-state index is -3.02. The van der Waals surface area contributed by atoms with Crippen molar-refractivity contribution in [3.05, 3.63) is 0 Å². The molecule has 72 valence electrons. The molecule has 0 heterocycles. The van der Waals surface area contributed by atoms with Crippen molar-refractivity contribution in [1.29, 1.82) is 0 Å². The van der Waals surface area contributed by atoms with Crippen molar-refractivity contribution in [2.75, 3.05) is 6.61 Å². The molecule has 0 bridgehead atoms. The molecule has 0 unspecified atom stereocenters. The molecule has 0 aromatic carbocycles. The maximum absolute atomic E-state index is 13.5. The molecule has 0 saturated heterocycles. The third-order valence-electron chi connectivity index (χ3n) is 1.90. The van der Waals surface area contributed by atoms with Crippen LogP contribution in [0, 0.1) is 0 Å². The summed E-state index contributed by atoms with van der Waals surface area (Å²) in [7, 11) is 0. The lowest BCUT2D eigenvalue weighted by molar-refractivity contribution is -0.163. The summed E-state index contributed by atoms with van der Waals surface area (Å²) in [5.74, 6) is -3.35. The van der Waals surface area contributed by atoms with E-state index in [1.165, 1.54) is 6.92 Å². The van der Waals surface area contributed by atoms with E-state index in [2.05, 4.69) is 4.74 Å². The van der Waals surface area contributed by atoms with Crippen molar-refractivity contribution in [3.8, 4) is 0 Å². The standard InChI is InChI=1S/C8H9FO4/c1-2-13-7(12)8(9)5(10)3-4-6(8)11/h2-4H2,1H3. The number of carbonyl (C=O) groups excluding carboxylic acids is 3. The molecule has 5 heteroatoms. The summed E-state index contributed by atoms with van der Waals surface area (Å²) >= 11 is 0. The van der Waals surface area contributed by atoms with E-state index in [1.807, 2.05) is 0 Å². The van der Waals surface area contributed by atoms with Gasteiger partial charge in [0.15, 0.2) is 11.6 Å². The van der Waals surface area contributed by atoms with Crippen LogP contribution in [0.15, 0.2) is 0 Å². The van der Waals surface area contributed by atoms with E-state index in [-0.39, 0.29) is 19.4 Å². The minimum absolute atomic E-state index is 0.0505. The Labute approximate surface area is 74.1 Å². The van der Waals surface area contributed by atoms with Gasteiger partial charge in [-0.05, 0) is 6.92 Å². The van der Waals surface area contributed by atoms with Gasteiger partial charge in [0.05, 0.1) is 6.61 Å². The first-order valence-corrected chi connectivity index (χ1v) is 3.96. The van der Waals surface area contributed by atoms with E-state index in [9.17, 15) is 18.8 Å². The average Bonchev–Trinajstić information content (AvgIpc) is 2.35. The summed E-state index contributed by atoms with van der Waals surface area (Å²) in [5.41, 5.74) is -3.02. The molecule has 1 saturated carbocycles. The molecular weight excluding hydrogens is 179 g/mol. The Bertz CT molecular complexity index is 255. The van der Waals surface area contributed by atoms with Gasteiger partial charge in [-0.2, -0.15) is 0 Å². The summed E-state index contributed by atoms with van der Waals surface area (Å²) in [6, 6.07) is 0. The molecule has 0 N–H and O–H groups in total. The number of rotatable bonds is 2. The van der Waals surface area contributed by atoms with Gasteiger partial charge < -0.3 is 4.74 Å². The average molecular weight is 188 g/mol. The number of esters is 1. The molecule has 1 rings (SSSR count). The van der Waals surface area contributed by atoms with Gasteiger partial charge in [0.2, 0.25) is 0 Å². The van der Waals surface area contributed by atoms with Crippen molar-refractivity contribution >= 4 is 17.5 Å². The van der Waals surface area contributed by atoms with Crippen LogP contribution in [0.3, 0.4) is 0 Å². The van der Waals surface area contributed by atoms with Gasteiger partial charge in [-0.1, -0.05) is 0 Å². The normalized spacial score (nSPS) is 20.5. The maximum atomic E-state index is 13.5. The van der Waals surface area contributed by atoms with Crippen LogP contribution in [-0.4, -0.2) is 29.8 Å². The molecule has 0 aromatic rings. The zero-order valence-electron chi connectivity index (χ0n) is 7.13. The molecule has 4 nitrogen and oxygen atoms in total. The fourth-order valence-electron chi connectivity index (χ4n) is 1.19. The van der Waals surface area contributed by atoms with Gasteiger partial charge in [-0.3, -0.25) is 9.59 Å². The summed E-state index contributed by atoms with van der Waals surface area (Å²) in [4.78, 5) is 32.8. The quantitative estimate of drug-likeness (QED) is 0.458. The molecule has 1 aliphatic carbocycles. The van der Waals surface area contributed by atoms with Crippen molar-refractivity contribution in [3.63, 3.8) is 0 Å². The van der Waals surface area contributed by atoms with Crippen LogP contribution in [0.4, 0.5) is 4.39 Å². The van der Waals surface area contributed by atoms with E-state index in [0.29, 0.717) is 0 Å². The van der Waals surface area contributed by atoms with Crippen LogP contribution in [0.1, 0.15) is 19.8 Å². The van der Waals surface area contributed by atoms with Crippen molar-refractivity contribution in [2.45, 2.75) is 25.4 Å². The molecule has 0 aliphatic heterocycles. The van der Waals surface area contributed by atoms with Crippen LogP contribution in [0.2, 0.25) is 0 Å². The van der Waals surface area contributed by atoms with Gasteiger partial charge in [-0.25, -0.2) is 9.18 Å². The fraction of sp³-hybridized carbons (Fsp3) is 0.625. The highest BCUT2D eigenvalue weighted by atomic mass is 19.1. The SMILES string of the molecule is CCOC(=O)C1(F)C(=O)CCC1=O. The Balaban J connectivity index is 2.90. The second kappa shape index (κ2) is 3.24. The van der Waals surface area contributed by atoms with Crippen LogP contribution < -0.4 is 0 Å². The highest BCUT2D eigenvalue weighted by Gasteiger charge is 2.58. The summed E-state index contributed by atoms with van der Waals surface area (Å²) in [5, 5.41) is 0. The van der Waals surface area contributed by atoms with Crippen LogP contribution in [-0.2, 0) is 19.1 Å².